The van der Waals surface area contributed by atoms with Gasteiger partial charge in [0.25, 0.3) is 0 Å². The van der Waals surface area contributed by atoms with Crippen LogP contribution in [-0.2, 0) is 0 Å². The average molecular weight is 1450 g/mol. The van der Waals surface area contributed by atoms with Gasteiger partial charge >= 0.3 is 0 Å². The summed E-state index contributed by atoms with van der Waals surface area (Å²) in [6, 6.07) is 126. The van der Waals surface area contributed by atoms with E-state index in [9.17, 15) is 0 Å². The Kier molecular flexibility index (Phi) is 12.3. The van der Waals surface area contributed by atoms with Crippen LogP contribution in [0.25, 0.3) is 259 Å². The van der Waals surface area contributed by atoms with Crippen molar-refractivity contribution in [2.45, 2.75) is 0 Å². The molecular formula is C104H56N6S2. The molecule has 6 aromatic heterocycles. The summed E-state index contributed by atoms with van der Waals surface area (Å²) in [6.45, 7) is 0. The Morgan fingerprint density at radius 1 is 0.205 bits per heavy atom. The summed E-state index contributed by atoms with van der Waals surface area (Å²) < 4.78 is 9.74. The first-order valence-corrected chi connectivity index (χ1v) is 39.9. The van der Waals surface area contributed by atoms with E-state index < -0.39 is 0 Å². The zero-order valence-corrected chi connectivity index (χ0v) is 61.5. The fourth-order valence-electron chi connectivity index (χ4n) is 19.6. The third-order valence-electron chi connectivity index (χ3n) is 24.4. The monoisotopic (exact) mass is 1450 g/mol. The third-order valence-corrected chi connectivity index (χ3v) is 26.8. The van der Waals surface area contributed by atoms with Crippen molar-refractivity contribution >= 4 is 236 Å². The van der Waals surface area contributed by atoms with Crippen LogP contribution in [0.2, 0.25) is 0 Å². The fraction of sp³-hybridized carbons (Fsp3) is 0. The first-order chi connectivity index (χ1) is 55.6. The standard InChI is InChI=1S/C104H56N6S2/c1-4-22-63-57(19-1)43-51-85-93(63)95-87(53-47-75-69-27-8-7-25-67(69)68-26-11-12-32-74(68)91(75)95)109(85)103-100(81-36-18-34-79-73-31-14-16-38-90(73)112-102(79)81)107-97-66-45-39-60(55-62(66)42-50-84(97)106-103)61-40-46-77-82(56-61)71-29-10-9-28-70(71)76-48-54-88-96(92(76)77)94-64-23-5-2-20-58(64)44-52-86(94)110(88)104-99(105-83-49-41-59-21-3-6-24-65(59)98(83)108-104)80-35-17-33-78-72-30-13-15-37-89(72)111-101(78)80/h1-56H. The Labute approximate surface area is 645 Å². The molecule has 0 aliphatic heterocycles. The number of rotatable bonds is 5. The minimum atomic E-state index is 0.792. The second kappa shape index (κ2) is 22.7. The number of fused-ring (bicyclic) bond motifs is 36. The number of hydrogen-bond acceptors (Lipinski definition) is 6. The topological polar surface area (TPSA) is 61.4 Å². The molecule has 0 aliphatic rings. The summed E-state index contributed by atoms with van der Waals surface area (Å²) in [5, 5.41) is 33.4. The molecule has 6 heterocycles. The largest absolute Gasteiger partial charge is 0.292 e. The maximum Gasteiger partial charge on any atom is 0.165 e. The van der Waals surface area contributed by atoms with Gasteiger partial charge in [-0.25, -0.2) is 19.9 Å². The number of benzene rings is 20. The molecule has 514 valence electrons. The lowest BCUT2D eigenvalue weighted by atomic mass is 9.89. The van der Waals surface area contributed by atoms with Crippen LogP contribution < -0.4 is 0 Å². The lowest BCUT2D eigenvalue weighted by Crippen LogP contribution is -2.04. The predicted molar refractivity (Wildman–Crippen MR) is 478 cm³/mol. The molecule has 0 spiro atoms. The molecule has 8 heteroatoms. The van der Waals surface area contributed by atoms with Gasteiger partial charge in [-0.3, -0.25) is 9.13 Å². The molecule has 0 amide bonds. The highest BCUT2D eigenvalue weighted by Gasteiger charge is 2.29. The number of aromatic nitrogens is 6. The Balaban J connectivity index is 0.704. The van der Waals surface area contributed by atoms with Gasteiger partial charge in [0.15, 0.2) is 11.6 Å². The molecule has 0 bridgehead atoms. The van der Waals surface area contributed by atoms with Crippen LogP contribution in [0, 0.1) is 0 Å². The number of thiophene rings is 2. The molecule has 112 heavy (non-hydrogen) atoms. The zero-order valence-electron chi connectivity index (χ0n) is 59.8. The van der Waals surface area contributed by atoms with Crippen molar-refractivity contribution < 1.29 is 0 Å². The molecule has 0 saturated carbocycles. The van der Waals surface area contributed by atoms with Gasteiger partial charge in [-0.05, 0) is 158 Å². The quantitative estimate of drug-likeness (QED) is 0.161. The summed E-state index contributed by atoms with van der Waals surface area (Å²) >= 11 is 3.66. The van der Waals surface area contributed by atoms with Crippen LogP contribution in [-0.4, -0.2) is 29.1 Å². The highest BCUT2D eigenvalue weighted by atomic mass is 32.1. The van der Waals surface area contributed by atoms with E-state index in [0.29, 0.717) is 0 Å². The van der Waals surface area contributed by atoms with Crippen LogP contribution in [0.4, 0.5) is 0 Å². The fourth-order valence-corrected chi connectivity index (χ4v) is 22.0. The van der Waals surface area contributed by atoms with Gasteiger partial charge < -0.3 is 0 Å². The van der Waals surface area contributed by atoms with Gasteiger partial charge in [0.1, 0.15) is 11.4 Å². The SMILES string of the molecule is c1ccc2c(c1)ccc1nc(-c3cccc4c3sc3ccccc34)c(-n3c4ccc5ccccc5c4c4c5c(ccc43)c3ccccc3c3cc(-c4ccc6c(ccc7nc(-n8c9ccc%10ccccc%10c9c9c%10c%11ccccc%11c%11ccccc%11c%10ccc98)c(-c8cccc9c8sc8ccccc89)nc76)c4)ccc35)nc12. The average Bonchev–Trinajstić information content (AvgIpc) is 1.51. The van der Waals surface area contributed by atoms with Gasteiger partial charge in [-0.1, -0.05) is 279 Å². The molecule has 0 N–H and O–H groups in total. The molecular weight excluding hydrogens is 1400 g/mol. The van der Waals surface area contributed by atoms with E-state index in [4.69, 9.17) is 19.9 Å². The van der Waals surface area contributed by atoms with Crippen LogP contribution >= 0.6 is 22.7 Å². The molecule has 26 rings (SSSR count). The van der Waals surface area contributed by atoms with E-state index in [1.54, 1.807) is 0 Å². The Hall–Kier alpha value is -14.3. The smallest absolute Gasteiger partial charge is 0.165 e. The lowest BCUT2D eigenvalue weighted by Gasteiger charge is -2.16. The lowest BCUT2D eigenvalue weighted by molar-refractivity contribution is 1.08. The molecule has 0 unspecified atom stereocenters. The van der Waals surface area contributed by atoms with E-state index in [0.717, 1.165) is 111 Å². The first-order valence-electron chi connectivity index (χ1n) is 38.2. The van der Waals surface area contributed by atoms with Crippen molar-refractivity contribution in [3.8, 4) is 45.3 Å². The Morgan fingerprint density at radius 3 is 1.13 bits per heavy atom. The third kappa shape index (κ3) is 8.30. The van der Waals surface area contributed by atoms with Crippen molar-refractivity contribution in [1.29, 1.82) is 0 Å². The molecule has 26 aromatic rings. The molecule has 0 fully saturated rings. The molecule has 0 radical (unpaired) electrons. The summed E-state index contributed by atoms with van der Waals surface area (Å²) in [5.41, 5.74) is 13.8. The normalized spacial score (nSPS) is 12.5. The van der Waals surface area contributed by atoms with Gasteiger partial charge in [0.2, 0.25) is 0 Å². The minimum Gasteiger partial charge on any atom is -0.292 e. The van der Waals surface area contributed by atoms with Crippen molar-refractivity contribution in [1.82, 2.24) is 29.1 Å². The Bertz CT molecular complexity index is 8770. The van der Waals surface area contributed by atoms with Crippen LogP contribution in [0.15, 0.2) is 340 Å². The van der Waals surface area contributed by atoms with Crippen molar-refractivity contribution in [3.05, 3.63) is 340 Å². The van der Waals surface area contributed by atoms with Crippen LogP contribution in [0.3, 0.4) is 0 Å². The summed E-state index contributed by atoms with van der Waals surface area (Å²) in [4.78, 5) is 23.8. The molecule has 0 aliphatic carbocycles. The van der Waals surface area contributed by atoms with E-state index >= 15 is 0 Å². The molecule has 0 atom stereocenters. The van der Waals surface area contributed by atoms with Gasteiger partial charge in [-0.15, -0.1) is 22.7 Å². The predicted octanol–water partition coefficient (Wildman–Crippen LogP) is 29.0. The van der Waals surface area contributed by atoms with Gasteiger partial charge in [-0.2, -0.15) is 0 Å². The van der Waals surface area contributed by atoms with Crippen molar-refractivity contribution in [3.63, 3.8) is 0 Å². The van der Waals surface area contributed by atoms with E-state index in [2.05, 4.69) is 349 Å². The maximum atomic E-state index is 6.05. The van der Waals surface area contributed by atoms with E-state index in [-0.39, 0.29) is 0 Å². The van der Waals surface area contributed by atoms with Gasteiger partial charge in [0.05, 0.1) is 44.1 Å². The minimum absolute atomic E-state index is 0.792. The summed E-state index contributed by atoms with van der Waals surface area (Å²) in [6.07, 6.45) is 0. The number of hydrogen-bond donors (Lipinski definition) is 0. The highest BCUT2D eigenvalue weighted by molar-refractivity contribution is 7.26. The van der Waals surface area contributed by atoms with Crippen molar-refractivity contribution in [2.24, 2.45) is 0 Å². The first kappa shape index (κ1) is 60.7. The summed E-state index contributed by atoms with van der Waals surface area (Å²) in [5.74, 6) is 1.59. The second-order valence-corrected chi connectivity index (χ2v) is 32.2. The zero-order chi connectivity index (χ0) is 72.7. The van der Waals surface area contributed by atoms with Crippen LogP contribution in [0.1, 0.15) is 0 Å². The van der Waals surface area contributed by atoms with E-state index in [1.807, 2.05) is 22.7 Å². The van der Waals surface area contributed by atoms with E-state index in [1.165, 1.54) is 148 Å². The Morgan fingerprint density at radius 2 is 0.562 bits per heavy atom. The number of nitrogens with zero attached hydrogens (tertiary/aromatic N) is 6. The van der Waals surface area contributed by atoms with Gasteiger partial charge in [0, 0.05) is 94.6 Å². The molecule has 20 aromatic carbocycles. The molecule has 6 nitrogen and oxygen atoms in total. The maximum absolute atomic E-state index is 6.05. The summed E-state index contributed by atoms with van der Waals surface area (Å²) in [7, 11) is 0. The van der Waals surface area contributed by atoms with Crippen molar-refractivity contribution in [2.75, 3.05) is 0 Å². The van der Waals surface area contributed by atoms with Crippen LogP contribution in [0.5, 0.6) is 0 Å². The second-order valence-electron chi connectivity index (χ2n) is 30.1. The molecule has 0 saturated heterocycles. The highest BCUT2D eigenvalue weighted by Crippen LogP contribution is 2.52.